The number of hydrogen-bond acceptors (Lipinski definition) is 6. The molecule has 0 bridgehead atoms. The lowest BCUT2D eigenvalue weighted by Crippen LogP contribution is -2.41. The van der Waals surface area contributed by atoms with Crippen molar-refractivity contribution >= 4 is 50.9 Å². The minimum absolute atomic E-state index is 0.0796. The van der Waals surface area contributed by atoms with Crippen LogP contribution in [-0.4, -0.2) is 31.3 Å². The number of aromatic hydroxyl groups is 1. The van der Waals surface area contributed by atoms with Crippen LogP contribution in [0.5, 0.6) is 5.75 Å². The van der Waals surface area contributed by atoms with Crippen LogP contribution in [0.2, 0.25) is 0 Å². The van der Waals surface area contributed by atoms with Gasteiger partial charge in [-0.15, -0.1) is 0 Å². The summed E-state index contributed by atoms with van der Waals surface area (Å²) in [6.07, 6.45) is 4.07. The molecule has 12 heteroatoms. The Balaban J connectivity index is 1.33. The van der Waals surface area contributed by atoms with Crippen LogP contribution in [0.4, 0.5) is 15.9 Å². The average molecular weight is 776 g/mol. The van der Waals surface area contributed by atoms with Crippen molar-refractivity contribution in [3.05, 3.63) is 124 Å². The summed E-state index contributed by atoms with van der Waals surface area (Å²) in [4.78, 5) is 55.0. The van der Waals surface area contributed by atoms with Crippen molar-refractivity contribution in [2.75, 3.05) is 11.9 Å². The number of hydrogen-bond donors (Lipinski definition) is 3. The number of anilines is 2. The normalized spacial score (nSPS) is 14.9. The van der Waals surface area contributed by atoms with Crippen molar-refractivity contribution < 1.29 is 14.3 Å². The van der Waals surface area contributed by atoms with Crippen LogP contribution in [-0.2, 0) is 7.05 Å². The predicted molar refractivity (Wildman–Crippen MR) is 195 cm³/mol. The number of para-hydroxylation sites is 1. The van der Waals surface area contributed by atoms with Gasteiger partial charge in [0.25, 0.3) is 17.0 Å². The van der Waals surface area contributed by atoms with E-state index in [0.29, 0.717) is 41.0 Å². The highest BCUT2D eigenvalue weighted by molar-refractivity contribution is 14.1. The topological polar surface area (TPSA) is 127 Å². The number of nitrogens with one attached hydrogen (secondary N) is 2. The fraction of sp³-hybridized carbons (Fsp3) is 0.297. The Bertz CT molecular complexity index is 2320. The summed E-state index contributed by atoms with van der Waals surface area (Å²) in [6.45, 7) is 1.98. The van der Waals surface area contributed by atoms with Gasteiger partial charge in [0.05, 0.1) is 22.5 Å². The Morgan fingerprint density at radius 2 is 1.76 bits per heavy atom. The van der Waals surface area contributed by atoms with Crippen LogP contribution in [0.25, 0.3) is 16.6 Å². The third kappa shape index (κ3) is 6.18. The molecule has 2 aromatic heterocycles. The molecule has 1 unspecified atom stereocenters. The lowest BCUT2D eigenvalue weighted by Gasteiger charge is -2.22. The maximum Gasteiger partial charge on any atom is 0.336 e. The van der Waals surface area contributed by atoms with Crippen LogP contribution in [0, 0.1) is 22.2 Å². The molecule has 0 saturated heterocycles. The Kier molecular flexibility index (Phi) is 8.67. The van der Waals surface area contributed by atoms with E-state index in [-0.39, 0.29) is 57.2 Å². The van der Waals surface area contributed by atoms with Gasteiger partial charge in [0.2, 0.25) is 0 Å². The predicted octanol–water partition coefficient (Wildman–Crippen LogP) is 6.00. The lowest BCUT2D eigenvalue weighted by atomic mass is 9.90. The summed E-state index contributed by atoms with van der Waals surface area (Å²) < 4.78 is 19.8. The van der Waals surface area contributed by atoms with Gasteiger partial charge >= 0.3 is 5.69 Å². The van der Waals surface area contributed by atoms with Crippen LogP contribution in [0.15, 0.2) is 81.1 Å². The molecule has 2 heterocycles. The zero-order chi connectivity index (χ0) is 34.6. The summed E-state index contributed by atoms with van der Waals surface area (Å²) in [5, 5.41) is 16.1. The molecule has 3 N–H and O–H groups in total. The van der Waals surface area contributed by atoms with Crippen molar-refractivity contribution in [3.63, 3.8) is 0 Å². The number of pyridine rings is 1. The first-order valence-corrected chi connectivity index (χ1v) is 17.4. The summed E-state index contributed by atoms with van der Waals surface area (Å²) in [7, 11) is 1.52. The summed E-state index contributed by atoms with van der Waals surface area (Å²) in [5.41, 5.74) is 0.707. The molecule has 10 nitrogen and oxygen atoms in total. The molecule has 1 amide bonds. The molecule has 0 spiro atoms. The monoisotopic (exact) mass is 775 g/mol. The van der Waals surface area contributed by atoms with Gasteiger partial charge in [-0.25, -0.2) is 9.18 Å². The van der Waals surface area contributed by atoms with Crippen molar-refractivity contribution in [2.24, 2.45) is 13.0 Å². The lowest BCUT2D eigenvalue weighted by molar-refractivity contribution is 0.0949. The molecular formula is C37H35FIN5O5. The highest BCUT2D eigenvalue weighted by atomic mass is 127. The average Bonchev–Trinajstić information content (AvgIpc) is 4.01. The maximum atomic E-state index is 15.1. The van der Waals surface area contributed by atoms with Crippen LogP contribution >= 0.6 is 22.6 Å². The number of rotatable bonds is 10. The van der Waals surface area contributed by atoms with Crippen LogP contribution < -0.4 is 27.4 Å². The first kappa shape index (κ1) is 32.8. The van der Waals surface area contributed by atoms with E-state index >= 15 is 4.39 Å². The highest BCUT2D eigenvalue weighted by Gasteiger charge is 2.34. The van der Waals surface area contributed by atoms with Crippen LogP contribution in [0.1, 0.15) is 65.5 Å². The summed E-state index contributed by atoms with van der Waals surface area (Å²) in [5.74, 6) is -0.390. The highest BCUT2D eigenvalue weighted by Crippen LogP contribution is 2.45. The van der Waals surface area contributed by atoms with Gasteiger partial charge in [0.15, 0.2) is 0 Å². The van der Waals surface area contributed by atoms with Gasteiger partial charge in [-0.3, -0.25) is 28.1 Å². The first-order valence-electron chi connectivity index (χ1n) is 16.3. The van der Waals surface area contributed by atoms with Gasteiger partial charge in [-0.1, -0.05) is 24.3 Å². The largest absolute Gasteiger partial charge is 0.507 e. The number of phenolic OH excluding ortho intramolecular Hbond substituents is 1. The quantitative estimate of drug-likeness (QED) is 0.150. The number of fused-ring (bicyclic) bond motifs is 1. The van der Waals surface area contributed by atoms with Gasteiger partial charge in [-0.05, 0) is 121 Å². The molecule has 2 fully saturated rings. The minimum atomic E-state index is -0.542. The smallest absolute Gasteiger partial charge is 0.336 e. The number of aryl methyl sites for hydroxylation is 1. The minimum Gasteiger partial charge on any atom is -0.507 e. The molecule has 7 rings (SSSR count). The molecule has 252 valence electrons. The van der Waals surface area contributed by atoms with E-state index in [4.69, 9.17) is 0 Å². The molecule has 3 aromatic carbocycles. The number of aromatic nitrogens is 3. The third-order valence-electron chi connectivity index (χ3n) is 9.58. The molecule has 2 aliphatic carbocycles. The van der Waals surface area contributed by atoms with Crippen molar-refractivity contribution in [2.45, 2.75) is 51.0 Å². The van der Waals surface area contributed by atoms with Crippen molar-refractivity contribution in [3.8, 4) is 11.4 Å². The van der Waals surface area contributed by atoms with E-state index in [0.717, 1.165) is 18.4 Å². The third-order valence-corrected chi connectivity index (χ3v) is 10.2. The number of carbonyl (C=O) groups excluding carboxylic acids is 1. The number of amides is 1. The second-order valence-corrected chi connectivity index (χ2v) is 14.2. The second kappa shape index (κ2) is 13.0. The van der Waals surface area contributed by atoms with Crippen molar-refractivity contribution in [1.82, 2.24) is 19.0 Å². The van der Waals surface area contributed by atoms with Gasteiger partial charge in [0, 0.05) is 28.8 Å². The zero-order valence-corrected chi connectivity index (χ0v) is 29.2. The van der Waals surface area contributed by atoms with E-state index in [1.807, 2.05) is 40.8 Å². The molecular weight excluding hydrogens is 740 g/mol. The summed E-state index contributed by atoms with van der Waals surface area (Å²) in [6, 6.07) is 18.3. The number of phenols is 1. The molecule has 1 atom stereocenters. The van der Waals surface area contributed by atoms with Gasteiger partial charge in [-0.2, -0.15) is 0 Å². The molecule has 0 aliphatic heterocycles. The molecule has 0 radical (unpaired) electrons. The van der Waals surface area contributed by atoms with Crippen molar-refractivity contribution in [1.29, 1.82) is 0 Å². The number of carbonyl (C=O) groups is 1. The second-order valence-electron chi connectivity index (χ2n) is 12.9. The SMILES string of the molecule is Cc1c(=O)n(C)c(Nc2ccc(I)cc2F)c2c(=O)n(C3CC3)c(=O)n(-c3cccc(C(CCNC(=O)c4ccccc4O)C4CC4)c3)c12. The fourth-order valence-electron chi connectivity index (χ4n) is 6.74. The number of benzene rings is 3. The van der Waals surface area contributed by atoms with Gasteiger partial charge < -0.3 is 15.7 Å². The van der Waals surface area contributed by atoms with E-state index in [1.54, 1.807) is 43.3 Å². The Morgan fingerprint density at radius 1 is 1.00 bits per heavy atom. The number of halogens is 2. The maximum absolute atomic E-state index is 15.1. The Hall–Kier alpha value is -4.72. The Labute approximate surface area is 294 Å². The van der Waals surface area contributed by atoms with E-state index in [9.17, 15) is 24.3 Å². The molecule has 49 heavy (non-hydrogen) atoms. The number of nitrogens with zero attached hydrogens (tertiary/aromatic N) is 3. The zero-order valence-electron chi connectivity index (χ0n) is 27.0. The van der Waals surface area contributed by atoms with Crippen LogP contribution in [0.3, 0.4) is 0 Å². The standard InChI is InChI=1S/C37H35FIN5O5/c1-20-32-31(33(42(2)35(20)47)41-29-15-12-23(39)19-28(29)38)36(48)44(24-13-14-24)37(49)43(32)25-7-5-6-22(18-25)26(21-10-11-21)16-17-40-34(46)27-8-3-4-9-30(27)45/h3-9,12,15,18-19,21,24,26,41,45H,10-11,13-14,16-17H2,1-2H3,(H,40,46). The summed E-state index contributed by atoms with van der Waals surface area (Å²) >= 11 is 2.01. The van der Waals surface area contributed by atoms with Gasteiger partial charge in [0.1, 0.15) is 22.8 Å². The first-order chi connectivity index (χ1) is 23.5. The molecule has 5 aromatic rings. The van der Waals surface area contributed by atoms with E-state index in [2.05, 4.69) is 10.6 Å². The molecule has 2 aliphatic rings. The van der Waals surface area contributed by atoms with E-state index in [1.165, 1.54) is 32.9 Å². The fourth-order valence-corrected chi connectivity index (χ4v) is 7.20. The Morgan fingerprint density at radius 3 is 2.45 bits per heavy atom. The molecule has 2 saturated carbocycles. The van der Waals surface area contributed by atoms with E-state index < -0.39 is 22.6 Å².